The summed E-state index contributed by atoms with van der Waals surface area (Å²) in [6.45, 7) is 12.6. The Hall–Kier alpha value is -1.79. The van der Waals surface area contributed by atoms with Crippen LogP contribution in [0.4, 0.5) is 0 Å². The molecule has 1 atom stereocenters. The molecule has 0 saturated carbocycles. The lowest BCUT2D eigenvalue weighted by molar-refractivity contribution is -0.136. The molecule has 24 heavy (non-hydrogen) atoms. The minimum atomic E-state index is -0.398. The first-order chi connectivity index (χ1) is 11.3. The van der Waals surface area contributed by atoms with Gasteiger partial charge in [0.1, 0.15) is 0 Å². The second-order valence-corrected chi connectivity index (χ2v) is 6.70. The Kier molecular flexibility index (Phi) is 11.7. The van der Waals surface area contributed by atoms with Gasteiger partial charge < -0.3 is 9.47 Å². The molecule has 0 aromatic heterocycles. The quantitative estimate of drug-likeness (QED) is 0.169. The second kappa shape index (κ2) is 12.6. The summed E-state index contributed by atoms with van der Waals surface area (Å²) >= 11 is 0. The Balaban J connectivity index is 4.06. The normalized spacial score (nSPS) is 13.5. The summed E-state index contributed by atoms with van der Waals surface area (Å²) < 4.78 is 10.5. The van der Waals surface area contributed by atoms with Gasteiger partial charge in [-0.3, -0.25) is 0 Å². The van der Waals surface area contributed by atoms with Crippen molar-refractivity contribution in [3.63, 3.8) is 0 Å². The number of hydrogen-bond donors (Lipinski definition) is 0. The molecule has 0 radical (unpaired) electrons. The van der Waals surface area contributed by atoms with Crippen LogP contribution in [0.25, 0.3) is 0 Å². The van der Waals surface area contributed by atoms with Crippen LogP contribution in [0.2, 0.25) is 0 Å². The van der Waals surface area contributed by atoms with Crippen LogP contribution in [0.15, 0.2) is 36.5 Å². The molecule has 0 rings (SSSR count). The molecule has 0 fully saturated rings. The average Bonchev–Trinajstić information content (AvgIpc) is 2.50. The summed E-state index contributed by atoms with van der Waals surface area (Å²) in [5, 5.41) is 0. The largest absolute Gasteiger partial charge is 0.449 e. The van der Waals surface area contributed by atoms with Crippen molar-refractivity contribution in [1.29, 1.82) is 0 Å². The number of carbonyl (C=O) groups is 1. The third-order valence-electron chi connectivity index (χ3n) is 3.63. The molecule has 0 aliphatic rings. The minimum Gasteiger partial charge on any atom is -0.449 e. The molecular weight excluding hydrogens is 300 g/mol. The first kappa shape index (κ1) is 22.2. The lowest BCUT2D eigenvalue weighted by Crippen LogP contribution is -2.24. The summed E-state index contributed by atoms with van der Waals surface area (Å²) in [6.07, 6.45) is 16.6. The van der Waals surface area contributed by atoms with Gasteiger partial charge in [0.2, 0.25) is 0 Å². The maximum absolute atomic E-state index is 11.4. The van der Waals surface area contributed by atoms with E-state index in [4.69, 9.17) is 15.9 Å². The Morgan fingerprint density at radius 1 is 1.42 bits per heavy atom. The molecule has 3 nitrogen and oxygen atoms in total. The van der Waals surface area contributed by atoms with Crippen molar-refractivity contribution < 1.29 is 14.3 Å². The molecule has 0 aliphatic heterocycles. The van der Waals surface area contributed by atoms with Crippen molar-refractivity contribution in [2.45, 2.75) is 59.0 Å². The molecule has 0 amide bonds. The summed E-state index contributed by atoms with van der Waals surface area (Å²) in [5.41, 5.74) is 0.769. The highest BCUT2D eigenvalue weighted by molar-refractivity contribution is 5.83. The molecule has 134 valence electrons. The van der Waals surface area contributed by atoms with Gasteiger partial charge in [-0.15, -0.1) is 13.0 Å². The van der Waals surface area contributed by atoms with E-state index < -0.39 is 5.97 Å². The Labute approximate surface area is 147 Å². The Bertz CT molecular complexity index is 478. The zero-order chi connectivity index (χ0) is 18.4. The van der Waals surface area contributed by atoms with E-state index in [1.807, 2.05) is 13.0 Å². The van der Waals surface area contributed by atoms with E-state index in [1.54, 1.807) is 6.08 Å². The van der Waals surface area contributed by atoms with Crippen LogP contribution in [0.3, 0.4) is 0 Å². The average molecular weight is 332 g/mol. The van der Waals surface area contributed by atoms with Crippen LogP contribution in [0.1, 0.15) is 53.4 Å². The van der Waals surface area contributed by atoms with Crippen molar-refractivity contribution in [2.24, 2.45) is 5.92 Å². The molecule has 1 unspecified atom stereocenters. The number of terminal acetylenes is 1. The van der Waals surface area contributed by atoms with Gasteiger partial charge in [-0.05, 0) is 45.1 Å². The molecule has 0 aliphatic carbocycles. The maximum Gasteiger partial charge on any atom is 0.331 e. The third-order valence-corrected chi connectivity index (χ3v) is 3.63. The SMILES string of the molecule is C#CCOC(=O)/C=C(C)/C=C/CC(C)CCCC(C)(C)OCC=C. The first-order valence-corrected chi connectivity index (χ1v) is 8.50. The zero-order valence-electron chi connectivity index (χ0n) is 15.6. The van der Waals surface area contributed by atoms with Crippen LogP contribution in [0.5, 0.6) is 0 Å². The van der Waals surface area contributed by atoms with E-state index in [1.165, 1.54) is 6.08 Å². The van der Waals surface area contributed by atoms with E-state index in [-0.39, 0.29) is 12.2 Å². The second-order valence-electron chi connectivity index (χ2n) is 6.70. The molecule has 0 heterocycles. The smallest absolute Gasteiger partial charge is 0.331 e. The summed E-state index contributed by atoms with van der Waals surface area (Å²) in [7, 11) is 0. The Morgan fingerprint density at radius 2 is 2.12 bits per heavy atom. The highest BCUT2D eigenvalue weighted by atomic mass is 16.5. The van der Waals surface area contributed by atoms with Crippen molar-refractivity contribution >= 4 is 5.97 Å². The van der Waals surface area contributed by atoms with Gasteiger partial charge in [-0.2, -0.15) is 0 Å². The molecule has 0 bridgehead atoms. The molecule has 0 aromatic carbocycles. The van der Waals surface area contributed by atoms with Gasteiger partial charge >= 0.3 is 5.97 Å². The molecule has 3 heteroatoms. The molecule has 0 spiro atoms. The minimum absolute atomic E-state index is 0.0101. The van der Waals surface area contributed by atoms with Crippen molar-refractivity contribution in [2.75, 3.05) is 13.2 Å². The van der Waals surface area contributed by atoms with Crippen LogP contribution >= 0.6 is 0 Å². The third kappa shape index (κ3) is 12.7. The zero-order valence-corrected chi connectivity index (χ0v) is 15.6. The van der Waals surface area contributed by atoms with Gasteiger partial charge in [0.25, 0.3) is 0 Å². The first-order valence-electron chi connectivity index (χ1n) is 8.50. The van der Waals surface area contributed by atoms with Gasteiger partial charge in [-0.1, -0.05) is 43.9 Å². The van der Waals surface area contributed by atoms with Crippen molar-refractivity contribution in [3.8, 4) is 12.3 Å². The summed E-state index contributed by atoms with van der Waals surface area (Å²) in [6, 6.07) is 0. The molecule has 0 N–H and O–H groups in total. The van der Waals surface area contributed by atoms with Gasteiger partial charge in [0, 0.05) is 6.08 Å². The monoisotopic (exact) mass is 332 g/mol. The Morgan fingerprint density at radius 3 is 2.75 bits per heavy atom. The van der Waals surface area contributed by atoms with Crippen LogP contribution in [-0.2, 0) is 14.3 Å². The van der Waals surface area contributed by atoms with E-state index >= 15 is 0 Å². The van der Waals surface area contributed by atoms with Crippen LogP contribution in [0, 0.1) is 18.3 Å². The van der Waals surface area contributed by atoms with E-state index in [0.29, 0.717) is 12.5 Å². The number of allylic oxidation sites excluding steroid dienone is 3. The van der Waals surface area contributed by atoms with Gasteiger partial charge in [0.05, 0.1) is 12.2 Å². The maximum atomic E-state index is 11.4. The van der Waals surface area contributed by atoms with Crippen molar-refractivity contribution in [3.05, 3.63) is 36.5 Å². The fourth-order valence-electron chi connectivity index (χ4n) is 2.23. The van der Waals surface area contributed by atoms with Gasteiger partial charge in [0.15, 0.2) is 6.61 Å². The fraction of sp³-hybridized carbons (Fsp3) is 0.571. The summed E-state index contributed by atoms with van der Waals surface area (Å²) in [4.78, 5) is 11.4. The highest BCUT2D eigenvalue weighted by Crippen LogP contribution is 2.21. The van der Waals surface area contributed by atoms with E-state index in [0.717, 1.165) is 31.3 Å². The predicted octanol–water partition coefficient (Wildman–Crippen LogP) is 4.84. The lowest BCUT2D eigenvalue weighted by Gasteiger charge is -2.25. The topological polar surface area (TPSA) is 35.5 Å². The standard InChI is InChI=1S/C21H32O3/c1-7-15-23-20(22)17-19(4)12-9-11-18(3)13-10-14-21(5,6)24-16-8-2/h1,8-9,12,17-18H,2,10-11,13-16H2,3-6H3/b12-9+,19-17+. The highest BCUT2D eigenvalue weighted by Gasteiger charge is 2.17. The van der Waals surface area contributed by atoms with Crippen molar-refractivity contribution in [1.82, 2.24) is 0 Å². The predicted molar refractivity (Wildman–Crippen MR) is 101 cm³/mol. The molecule has 0 aromatic rings. The molecule has 0 saturated heterocycles. The number of esters is 1. The number of carbonyl (C=O) groups excluding carboxylic acids is 1. The number of hydrogen-bond acceptors (Lipinski definition) is 3. The summed E-state index contributed by atoms with van der Waals surface area (Å²) in [5.74, 6) is 2.46. The lowest BCUT2D eigenvalue weighted by atomic mass is 9.94. The van der Waals surface area contributed by atoms with E-state index in [2.05, 4.69) is 39.3 Å². The van der Waals surface area contributed by atoms with E-state index in [9.17, 15) is 4.79 Å². The van der Waals surface area contributed by atoms with Crippen LogP contribution in [-0.4, -0.2) is 24.8 Å². The fourth-order valence-corrected chi connectivity index (χ4v) is 2.23. The number of rotatable bonds is 12. The molecular formula is C21H32O3. The number of ether oxygens (including phenoxy) is 2. The van der Waals surface area contributed by atoms with Gasteiger partial charge in [-0.25, -0.2) is 4.79 Å². The van der Waals surface area contributed by atoms with Crippen LogP contribution < -0.4 is 0 Å².